The quantitative estimate of drug-likeness (QED) is 0.744. The maximum atomic E-state index is 11.5. The molecule has 6 nitrogen and oxygen atoms in total. The molecule has 3 rings (SSSR count). The predicted molar refractivity (Wildman–Crippen MR) is 97.2 cm³/mol. The third-order valence-electron chi connectivity index (χ3n) is 4.39. The molecule has 0 bridgehead atoms. The summed E-state index contributed by atoms with van der Waals surface area (Å²) in [6.45, 7) is 2.79. The number of primary amides is 2. The van der Waals surface area contributed by atoms with Crippen molar-refractivity contribution in [2.75, 3.05) is 18.4 Å². The van der Waals surface area contributed by atoms with Gasteiger partial charge in [0.05, 0.1) is 0 Å². The van der Waals surface area contributed by atoms with Crippen molar-refractivity contribution in [1.82, 2.24) is 4.90 Å². The summed E-state index contributed by atoms with van der Waals surface area (Å²) in [6.07, 6.45) is 0.986. The summed E-state index contributed by atoms with van der Waals surface area (Å²) >= 11 is 0. The summed E-state index contributed by atoms with van der Waals surface area (Å²) in [5.74, 6) is -1.16. The molecule has 1 saturated heterocycles. The number of benzene rings is 2. The molecular formula is C19H22N4O2. The van der Waals surface area contributed by atoms with Crippen molar-refractivity contribution < 1.29 is 9.59 Å². The molecule has 1 aliphatic rings. The minimum atomic E-state index is -0.580. The Morgan fingerprint density at radius 3 is 2.28 bits per heavy atom. The molecule has 1 fully saturated rings. The first-order chi connectivity index (χ1) is 12.0. The van der Waals surface area contributed by atoms with Crippen molar-refractivity contribution in [3.05, 3.63) is 65.2 Å². The topological polar surface area (TPSA) is 101 Å². The first-order valence-corrected chi connectivity index (χ1v) is 8.29. The van der Waals surface area contributed by atoms with E-state index in [2.05, 4.69) is 22.3 Å². The van der Waals surface area contributed by atoms with E-state index in [1.54, 1.807) is 12.1 Å². The third-order valence-corrected chi connectivity index (χ3v) is 4.39. The van der Waals surface area contributed by atoms with Crippen molar-refractivity contribution in [2.24, 2.45) is 11.5 Å². The Balaban J connectivity index is 1.66. The zero-order valence-corrected chi connectivity index (χ0v) is 13.9. The maximum Gasteiger partial charge on any atom is 0.248 e. The Labute approximate surface area is 146 Å². The van der Waals surface area contributed by atoms with Crippen LogP contribution in [0.3, 0.4) is 0 Å². The molecule has 6 heteroatoms. The first kappa shape index (κ1) is 17.0. The normalized spacial score (nSPS) is 17.4. The summed E-state index contributed by atoms with van der Waals surface area (Å²) in [6, 6.07) is 15.3. The Kier molecular flexibility index (Phi) is 5.00. The molecule has 2 amide bonds. The molecule has 0 aliphatic carbocycles. The van der Waals surface area contributed by atoms with Crippen LogP contribution in [0.2, 0.25) is 0 Å². The van der Waals surface area contributed by atoms with E-state index >= 15 is 0 Å². The van der Waals surface area contributed by atoms with Crippen molar-refractivity contribution in [3.63, 3.8) is 0 Å². The number of nitrogens with two attached hydrogens (primary N) is 2. The lowest BCUT2D eigenvalue weighted by molar-refractivity contribution is 0.0999. The van der Waals surface area contributed by atoms with Gasteiger partial charge in [0.25, 0.3) is 0 Å². The minimum absolute atomic E-state index is 0.243. The number of hydrogen-bond donors (Lipinski definition) is 3. The molecular weight excluding hydrogens is 316 g/mol. The zero-order valence-electron chi connectivity index (χ0n) is 13.9. The van der Waals surface area contributed by atoms with Crippen LogP contribution in [0.15, 0.2) is 48.5 Å². The summed E-state index contributed by atoms with van der Waals surface area (Å²) in [4.78, 5) is 25.3. The fourth-order valence-corrected chi connectivity index (χ4v) is 3.17. The van der Waals surface area contributed by atoms with Gasteiger partial charge < -0.3 is 16.8 Å². The highest BCUT2D eigenvalue weighted by Gasteiger charge is 2.22. The van der Waals surface area contributed by atoms with Crippen LogP contribution in [-0.4, -0.2) is 35.8 Å². The highest BCUT2D eigenvalue weighted by molar-refractivity contribution is 5.99. The van der Waals surface area contributed by atoms with Crippen LogP contribution in [0.25, 0.3) is 0 Å². The number of nitrogens with zero attached hydrogens (tertiary/aromatic N) is 1. The number of nitrogens with one attached hydrogen (secondary N) is 1. The fraction of sp³-hybridized carbons (Fsp3) is 0.263. The van der Waals surface area contributed by atoms with Crippen LogP contribution in [0.5, 0.6) is 0 Å². The molecule has 1 atom stereocenters. The molecule has 2 aromatic rings. The number of rotatable bonds is 6. The Hall–Kier alpha value is -2.86. The molecule has 0 spiro atoms. The molecule has 0 aromatic heterocycles. The van der Waals surface area contributed by atoms with Crippen LogP contribution in [0.1, 0.15) is 32.7 Å². The monoisotopic (exact) mass is 338 g/mol. The van der Waals surface area contributed by atoms with Gasteiger partial charge in [-0.05, 0) is 30.2 Å². The second-order valence-electron chi connectivity index (χ2n) is 6.38. The van der Waals surface area contributed by atoms with Gasteiger partial charge in [0.2, 0.25) is 11.8 Å². The summed E-state index contributed by atoms with van der Waals surface area (Å²) in [5.41, 5.74) is 13.2. The molecule has 5 N–H and O–H groups in total. The number of carbonyl (C=O) groups excluding carboxylic acids is 2. The maximum absolute atomic E-state index is 11.5. The highest BCUT2D eigenvalue weighted by atomic mass is 16.1. The zero-order chi connectivity index (χ0) is 17.8. The van der Waals surface area contributed by atoms with Crippen LogP contribution in [0, 0.1) is 0 Å². The Morgan fingerprint density at radius 1 is 1.04 bits per heavy atom. The van der Waals surface area contributed by atoms with Gasteiger partial charge in [-0.2, -0.15) is 0 Å². The number of hydrogen-bond acceptors (Lipinski definition) is 4. The molecule has 25 heavy (non-hydrogen) atoms. The van der Waals surface area contributed by atoms with Crippen LogP contribution >= 0.6 is 0 Å². The van der Waals surface area contributed by atoms with Gasteiger partial charge in [-0.15, -0.1) is 0 Å². The molecule has 1 aliphatic heterocycles. The summed E-state index contributed by atoms with van der Waals surface area (Å²) < 4.78 is 0. The third kappa shape index (κ3) is 4.36. The standard InChI is InChI=1S/C19H22N4O2/c20-18(24)14-8-15(19(21)25)10-17(9-14)22-16-6-7-23(12-16)11-13-4-2-1-3-5-13/h1-5,8-10,16,22H,6-7,11-12H2,(H2,20,24)(H2,21,25). The van der Waals surface area contributed by atoms with E-state index in [0.717, 1.165) is 26.1 Å². The van der Waals surface area contributed by atoms with Crippen LogP contribution in [0.4, 0.5) is 5.69 Å². The van der Waals surface area contributed by atoms with Gasteiger partial charge in [-0.1, -0.05) is 30.3 Å². The van der Waals surface area contributed by atoms with Crippen LogP contribution in [-0.2, 0) is 6.54 Å². The van der Waals surface area contributed by atoms with E-state index in [9.17, 15) is 9.59 Å². The number of carbonyl (C=O) groups is 2. The van der Waals surface area contributed by atoms with Gasteiger partial charge in [0.1, 0.15) is 0 Å². The van der Waals surface area contributed by atoms with Gasteiger partial charge in [0, 0.05) is 42.5 Å². The lowest BCUT2D eigenvalue weighted by Gasteiger charge is -2.18. The van der Waals surface area contributed by atoms with E-state index in [1.807, 2.05) is 18.2 Å². The Bertz CT molecular complexity index is 744. The SMILES string of the molecule is NC(=O)c1cc(NC2CCN(Cc3ccccc3)C2)cc(C(N)=O)c1. The van der Waals surface area contributed by atoms with Gasteiger partial charge in [-0.3, -0.25) is 14.5 Å². The van der Waals surface area contributed by atoms with Crippen molar-refractivity contribution >= 4 is 17.5 Å². The van der Waals surface area contributed by atoms with E-state index in [1.165, 1.54) is 11.6 Å². The molecule has 2 aromatic carbocycles. The number of likely N-dealkylation sites (tertiary alicyclic amines) is 1. The lowest BCUT2D eigenvalue weighted by Crippen LogP contribution is -2.26. The molecule has 0 saturated carbocycles. The van der Waals surface area contributed by atoms with E-state index in [-0.39, 0.29) is 17.2 Å². The second-order valence-corrected chi connectivity index (χ2v) is 6.38. The predicted octanol–water partition coefficient (Wildman–Crippen LogP) is 1.57. The number of amides is 2. The van der Waals surface area contributed by atoms with Crippen molar-refractivity contribution in [3.8, 4) is 0 Å². The first-order valence-electron chi connectivity index (χ1n) is 8.29. The number of anilines is 1. The molecule has 1 unspecified atom stereocenters. The molecule has 1 heterocycles. The highest BCUT2D eigenvalue weighted by Crippen LogP contribution is 2.20. The average Bonchev–Trinajstić information content (AvgIpc) is 3.02. The lowest BCUT2D eigenvalue weighted by atomic mass is 10.1. The van der Waals surface area contributed by atoms with E-state index in [0.29, 0.717) is 5.69 Å². The smallest absolute Gasteiger partial charge is 0.248 e. The van der Waals surface area contributed by atoms with Gasteiger partial charge in [-0.25, -0.2) is 0 Å². The van der Waals surface area contributed by atoms with E-state index in [4.69, 9.17) is 11.5 Å². The Morgan fingerprint density at radius 2 is 1.68 bits per heavy atom. The second kappa shape index (κ2) is 7.36. The van der Waals surface area contributed by atoms with Gasteiger partial charge in [0.15, 0.2) is 0 Å². The van der Waals surface area contributed by atoms with Gasteiger partial charge >= 0.3 is 0 Å². The summed E-state index contributed by atoms with van der Waals surface area (Å²) in [5, 5.41) is 3.39. The average molecular weight is 338 g/mol. The van der Waals surface area contributed by atoms with Crippen molar-refractivity contribution in [1.29, 1.82) is 0 Å². The fourth-order valence-electron chi connectivity index (χ4n) is 3.17. The largest absolute Gasteiger partial charge is 0.381 e. The van der Waals surface area contributed by atoms with Crippen molar-refractivity contribution in [2.45, 2.75) is 19.0 Å². The molecule has 130 valence electrons. The minimum Gasteiger partial charge on any atom is -0.381 e. The summed E-state index contributed by atoms with van der Waals surface area (Å²) in [7, 11) is 0. The molecule has 0 radical (unpaired) electrons. The van der Waals surface area contributed by atoms with Crippen LogP contribution < -0.4 is 16.8 Å². The van der Waals surface area contributed by atoms with E-state index < -0.39 is 11.8 Å².